The van der Waals surface area contributed by atoms with Crippen molar-refractivity contribution in [1.29, 1.82) is 0 Å². The first-order valence-corrected chi connectivity index (χ1v) is 8.02. The number of carbonyl (C=O) groups is 2. The fourth-order valence-electron chi connectivity index (χ4n) is 2.10. The summed E-state index contributed by atoms with van der Waals surface area (Å²) in [5.41, 5.74) is 5.61. The Kier molecular flexibility index (Phi) is 6.45. The molecular formula is C17H17BrFN3O2. The van der Waals surface area contributed by atoms with Gasteiger partial charge < -0.3 is 0 Å². The van der Waals surface area contributed by atoms with Crippen molar-refractivity contribution in [2.45, 2.75) is 6.54 Å². The number of hydrogen-bond donors (Lipinski definition) is 2. The Labute approximate surface area is 147 Å². The molecule has 0 aliphatic carbocycles. The highest BCUT2D eigenvalue weighted by atomic mass is 79.9. The van der Waals surface area contributed by atoms with Gasteiger partial charge in [0.05, 0.1) is 12.1 Å². The van der Waals surface area contributed by atoms with Gasteiger partial charge >= 0.3 is 0 Å². The number of nitrogens with zero attached hydrogens (tertiary/aromatic N) is 1. The normalized spacial score (nSPS) is 10.5. The van der Waals surface area contributed by atoms with Crippen molar-refractivity contribution in [2.24, 2.45) is 0 Å². The number of likely N-dealkylation sites (N-methyl/N-ethyl adjacent to an activating group) is 1. The van der Waals surface area contributed by atoms with Crippen molar-refractivity contribution in [3.05, 3.63) is 69.9 Å². The zero-order chi connectivity index (χ0) is 17.5. The molecule has 0 atom stereocenters. The number of carbonyl (C=O) groups excluding carboxylic acids is 2. The number of amides is 2. The van der Waals surface area contributed by atoms with E-state index in [0.29, 0.717) is 15.6 Å². The number of benzene rings is 2. The third-order valence-electron chi connectivity index (χ3n) is 3.25. The van der Waals surface area contributed by atoms with Gasteiger partial charge in [-0.2, -0.15) is 0 Å². The van der Waals surface area contributed by atoms with E-state index in [1.54, 1.807) is 54.4 Å². The molecule has 0 saturated heterocycles. The largest absolute Gasteiger partial charge is 0.293 e. The van der Waals surface area contributed by atoms with Crippen LogP contribution in [0.1, 0.15) is 15.9 Å². The summed E-state index contributed by atoms with van der Waals surface area (Å²) in [6.07, 6.45) is 0. The molecule has 0 aliphatic rings. The molecule has 0 aliphatic heterocycles. The van der Waals surface area contributed by atoms with Crippen LogP contribution in [-0.2, 0) is 11.3 Å². The summed E-state index contributed by atoms with van der Waals surface area (Å²) in [6.45, 7) is 0.308. The lowest BCUT2D eigenvalue weighted by molar-refractivity contribution is -0.122. The number of hydrogen-bond acceptors (Lipinski definition) is 3. The number of rotatable bonds is 5. The Morgan fingerprint density at radius 1 is 1.08 bits per heavy atom. The van der Waals surface area contributed by atoms with Gasteiger partial charge in [0.1, 0.15) is 5.82 Å². The summed E-state index contributed by atoms with van der Waals surface area (Å²) in [5, 5.41) is 0. The lowest BCUT2D eigenvalue weighted by Crippen LogP contribution is -2.45. The van der Waals surface area contributed by atoms with Crippen LogP contribution in [-0.4, -0.2) is 30.3 Å². The molecule has 0 radical (unpaired) electrons. The molecule has 24 heavy (non-hydrogen) atoms. The molecule has 2 amide bonds. The van der Waals surface area contributed by atoms with E-state index in [-0.39, 0.29) is 18.9 Å². The molecular weight excluding hydrogens is 377 g/mol. The molecule has 0 heterocycles. The van der Waals surface area contributed by atoms with Gasteiger partial charge in [0.15, 0.2) is 0 Å². The van der Waals surface area contributed by atoms with Crippen molar-refractivity contribution < 1.29 is 14.0 Å². The van der Waals surface area contributed by atoms with E-state index in [1.165, 1.54) is 6.07 Å². The van der Waals surface area contributed by atoms with E-state index in [9.17, 15) is 14.0 Å². The topological polar surface area (TPSA) is 61.4 Å². The van der Waals surface area contributed by atoms with Gasteiger partial charge in [-0.1, -0.05) is 30.3 Å². The first kappa shape index (κ1) is 18.1. The summed E-state index contributed by atoms with van der Waals surface area (Å²) in [5.74, 6) is -1.13. The second kappa shape index (κ2) is 8.56. The van der Waals surface area contributed by atoms with Gasteiger partial charge in [-0.05, 0) is 41.2 Å². The van der Waals surface area contributed by atoms with Crippen molar-refractivity contribution >= 4 is 27.7 Å². The minimum Gasteiger partial charge on any atom is -0.293 e. The van der Waals surface area contributed by atoms with Crippen molar-refractivity contribution in [3.8, 4) is 0 Å². The Morgan fingerprint density at radius 3 is 2.46 bits per heavy atom. The molecule has 0 fully saturated rings. The lowest BCUT2D eigenvalue weighted by Gasteiger charge is -2.17. The van der Waals surface area contributed by atoms with Gasteiger partial charge in [0, 0.05) is 16.6 Å². The zero-order valence-corrected chi connectivity index (χ0v) is 14.6. The third-order valence-corrected chi connectivity index (χ3v) is 3.94. The highest BCUT2D eigenvalue weighted by molar-refractivity contribution is 9.10. The summed E-state index contributed by atoms with van der Waals surface area (Å²) < 4.78 is 14.2. The van der Waals surface area contributed by atoms with Crippen LogP contribution in [0.25, 0.3) is 0 Å². The molecule has 126 valence electrons. The molecule has 7 heteroatoms. The highest BCUT2D eigenvalue weighted by Crippen LogP contribution is 2.15. The number of nitrogens with one attached hydrogen (secondary N) is 2. The van der Waals surface area contributed by atoms with Crippen molar-refractivity contribution in [3.63, 3.8) is 0 Å². The molecule has 0 unspecified atom stereocenters. The molecule has 5 nitrogen and oxygen atoms in total. The summed E-state index contributed by atoms with van der Waals surface area (Å²) >= 11 is 3.27. The van der Waals surface area contributed by atoms with Gasteiger partial charge in [0.25, 0.3) is 11.8 Å². The van der Waals surface area contributed by atoms with Crippen LogP contribution >= 0.6 is 15.9 Å². The summed E-state index contributed by atoms with van der Waals surface area (Å²) in [6, 6.07) is 13.3. The molecule has 2 aromatic carbocycles. The van der Waals surface area contributed by atoms with E-state index < -0.39 is 11.8 Å². The van der Waals surface area contributed by atoms with E-state index in [2.05, 4.69) is 26.8 Å². The third kappa shape index (κ3) is 5.14. The number of hydrazine groups is 1. The smallest absolute Gasteiger partial charge is 0.270 e. The van der Waals surface area contributed by atoms with Crippen LogP contribution in [0.15, 0.2) is 53.0 Å². The maximum absolute atomic E-state index is 13.6. The molecule has 0 saturated carbocycles. The Hall–Kier alpha value is -2.25. The Bertz CT molecular complexity index is 739. The second-order valence-corrected chi connectivity index (χ2v) is 6.10. The summed E-state index contributed by atoms with van der Waals surface area (Å²) in [4.78, 5) is 25.5. The molecule has 2 rings (SSSR count). The molecule has 0 spiro atoms. The number of halogens is 2. The maximum Gasteiger partial charge on any atom is 0.270 e. The van der Waals surface area contributed by atoms with Gasteiger partial charge in [-0.25, -0.2) is 4.39 Å². The van der Waals surface area contributed by atoms with Crippen LogP contribution in [0.3, 0.4) is 0 Å². The Morgan fingerprint density at radius 2 is 1.75 bits per heavy atom. The standard InChI is InChI=1S/C17H17BrFN3O2/c1-22(10-12-6-2-5-9-15(12)19)11-16(23)20-21-17(24)13-7-3-4-8-14(13)18/h2-9H,10-11H2,1H3,(H,20,23)(H,21,24). The van der Waals surface area contributed by atoms with Crippen LogP contribution in [0.5, 0.6) is 0 Å². The van der Waals surface area contributed by atoms with Crippen LogP contribution in [0.4, 0.5) is 4.39 Å². The Balaban J connectivity index is 1.82. The first-order valence-electron chi connectivity index (χ1n) is 7.23. The van der Waals surface area contributed by atoms with Gasteiger partial charge in [-0.3, -0.25) is 25.3 Å². The van der Waals surface area contributed by atoms with Crippen LogP contribution < -0.4 is 10.9 Å². The second-order valence-electron chi connectivity index (χ2n) is 5.25. The minimum atomic E-state index is -0.424. The average Bonchev–Trinajstić information content (AvgIpc) is 2.55. The van der Waals surface area contributed by atoms with Crippen LogP contribution in [0, 0.1) is 5.82 Å². The molecule has 2 aromatic rings. The van der Waals surface area contributed by atoms with E-state index in [1.807, 2.05) is 0 Å². The van der Waals surface area contributed by atoms with Crippen molar-refractivity contribution in [2.75, 3.05) is 13.6 Å². The lowest BCUT2D eigenvalue weighted by atomic mass is 10.2. The molecule has 0 bridgehead atoms. The fourth-order valence-corrected chi connectivity index (χ4v) is 2.56. The predicted molar refractivity (Wildman–Crippen MR) is 92.5 cm³/mol. The highest BCUT2D eigenvalue weighted by Gasteiger charge is 2.12. The zero-order valence-electron chi connectivity index (χ0n) is 13.1. The van der Waals surface area contributed by atoms with Crippen molar-refractivity contribution in [1.82, 2.24) is 15.8 Å². The van der Waals surface area contributed by atoms with E-state index >= 15 is 0 Å². The summed E-state index contributed by atoms with van der Waals surface area (Å²) in [7, 11) is 1.70. The molecule has 2 N–H and O–H groups in total. The van der Waals surface area contributed by atoms with Crippen LogP contribution in [0.2, 0.25) is 0 Å². The minimum absolute atomic E-state index is 0.0184. The monoisotopic (exact) mass is 393 g/mol. The quantitative estimate of drug-likeness (QED) is 0.767. The first-order chi connectivity index (χ1) is 11.5. The van der Waals surface area contributed by atoms with E-state index in [0.717, 1.165) is 0 Å². The van der Waals surface area contributed by atoms with Gasteiger partial charge in [0.2, 0.25) is 0 Å². The SMILES string of the molecule is CN(CC(=O)NNC(=O)c1ccccc1Br)Cc1ccccc1F. The fraction of sp³-hybridized carbons (Fsp3) is 0.176. The average molecular weight is 394 g/mol. The predicted octanol–water partition coefficient (Wildman–Crippen LogP) is 2.48. The maximum atomic E-state index is 13.6. The molecule has 0 aromatic heterocycles. The van der Waals surface area contributed by atoms with Gasteiger partial charge in [-0.15, -0.1) is 0 Å². The van der Waals surface area contributed by atoms with E-state index in [4.69, 9.17) is 0 Å².